The summed E-state index contributed by atoms with van der Waals surface area (Å²) in [6.45, 7) is 2.71. The number of carbonyl (C=O) groups is 1. The molecule has 0 bridgehead atoms. The fraction of sp³-hybridized carbons (Fsp3) is 0.120. The van der Waals surface area contributed by atoms with Gasteiger partial charge in [0.25, 0.3) is 15.9 Å². The summed E-state index contributed by atoms with van der Waals surface area (Å²) in [6, 6.07) is 18.1. The number of thiazole rings is 1. The van der Waals surface area contributed by atoms with E-state index in [1.807, 2.05) is 36.6 Å². The van der Waals surface area contributed by atoms with Crippen LogP contribution in [0, 0.1) is 5.82 Å². The molecule has 0 aliphatic rings. The lowest BCUT2D eigenvalue weighted by Crippen LogP contribution is -2.14. The fourth-order valence-corrected chi connectivity index (χ4v) is 4.87. The van der Waals surface area contributed by atoms with Gasteiger partial charge in [-0.25, -0.2) is 17.8 Å². The van der Waals surface area contributed by atoms with E-state index in [2.05, 4.69) is 15.0 Å². The smallest absolute Gasteiger partial charge is 0.261 e. The van der Waals surface area contributed by atoms with E-state index in [0.29, 0.717) is 17.3 Å². The molecule has 0 atom stereocenters. The Hall–Kier alpha value is -3.76. The van der Waals surface area contributed by atoms with E-state index in [-0.39, 0.29) is 16.5 Å². The van der Waals surface area contributed by atoms with Gasteiger partial charge in [0.15, 0.2) is 5.13 Å². The van der Waals surface area contributed by atoms with Crippen LogP contribution in [-0.2, 0) is 10.0 Å². The number of hydrogen-bond donors (Lipinski definition) is 2. The Kier molecular flexibility index (Phi) is 7.42. The topological polar surface area (TPSA) is 97.4 Å². The molecule has 4 rings (SSSR count). The summed E-state index contributed by atoms with van der Waals surface area (Å²) in [5.41, 5.74) is 2.25. The molecular weight excluding hydrogens is 489 g/mol. The van der Waals surface area contributed by atoms with Gasteiger partial charge in [0.2, 0.25) is 0 Å². The molecule has 10 heteroatoms. The van der Waals surface area contributed by atoms with Crippen molar-refractivity contribution in [1.82, 2.24) is 4.98 Å². The predicted octanol–water partition coefficient (Wildman–Crippen LogP) is 5.79. The minimum absolute atomic E-state index is 0.0663. The highest BCUT2D eigenvalue weighted by Crippen LogP contribution is 2.27. The third-order valence-electron chi connectivity index (χ3n) is 4.87. The van der Waals surface area contributed by atoms with Crippen LogP contribution in [0.2, 0.25) is 0 Å². The zero-order valence-electron chi connectivity index (χ0n) is 18.7. The fourth-order valence-electron chi connectivity index (χ4n) is 3.09. The maximum atomic E-state index is 13.1. The van der Waals surface area contributed by atoms with Gasteiger partial charge in [0.1, 0.15) is 11.6 Å². The molecule has 0 saturated heterocycles. The second kappa shape index (κ2) is 10.7. The van der Waals surface area contributed by atoms with Gasteiger partial charge in [0.05, 0.1) is 17.2 Å². The van der Waals surface area contributed by atoms with E-state index in [0.717, 1.165) is 35.6 Å². The van der Waals surface area contributed by atoms with Crippen molar-refractivity contribution in [1.29, 1.82) is 0 Å². The normalized spacial score (nSPS) is 11.1. The summed E-state index contributed by atoms with van der Waals surface area (Å²) in [7, 11) is -3.88. The van der Waals surface area contributed by atoms with Crippen LogP contribution in [0.15, 0.2) is 83.1 Å². The number of amides is 1. The second-order valence-corrected chi connectivity index (χ2v) is 10.0. The number of nitrogens with one attached hydrogen (secondary N) is 2. The Morgan fingerprint density at radius 3 is 2.34 bits per heavy atom. The lowest BCUT2D eigenvalue weighted by atomic mass is 10.2. The molecule has 0 fully saturated rings. The number of nitrogens with zero attached hydrogens (tertiary/aromatic N) is 1. The number of carbonyl (C=O) groups excluding carboxylic acids is 1. The molecule has 0 unspecified atom stereocenters. The first-order valence-electron chi connectivity index (χ1n) is 10.7. The van der Waals surface area contributed by atoms with Crippen molar-refractivity contribution in [2.45, 2.75) is 18.2 Å². The molecule has 0 aliphatic heterocycles. The molecule has 0 spiro atoms. The SMILES string of the molecule is CCCOc1ccc(-c2csc(NC(=O)c3ccc(NS(=O)(=O)c4ccc(F)cc4)cc3)n2)cc1. The van der Waals surface area contributed by atoms with Crippen molar-refractivity contribution in [2.24, 2.45) is 0 Å². The van der Waals surface area contributed by atoms with Crippen molar-refractivity contribution in [3.63, 3.8) is 0 Å². The largest absolute Gasteiger partial charge is 0.494 e. The molecule has 35 heavy (non-hydrogen) atoms. The van der Waals surface area contributed by atoms with Crippen molar-refractivity contribution in [2.75, 3.05) is 16.6 Å². The van der Waals surface area contributed by atoms with E-state index < -0.39 is 15.8 Å². The van der Waals surface area contributed by atoms with Crippen LogP contribution in [0.3, 0.4) is 0 Å². The molecule has 0 radical (unpaired) electrons. The Morgan fingerprint density at radius 1 is 1.00 bits per heavy atom. The Balaban J connectivity index is 1.38. The number of ether oxygens (including phenoxy) is 1. The number of halogens is 1. The van der Waals surface area contributed by atoms with Gasteiger partial charge in [-0.3, -0.25) is 14.8 Å². The second-order valence-electron chi connectivity index (χ2n) is 7.50. The minimum atomic E-state index is -3.88. The number of rotatable bonds is 9. The zero-order valence-corrected chi connectivity index (χ0v) is 20.3. The summed E-state index contributed by atoms with van der Waals surface area (Å²) in [4.78, 5) is 17.0. The monoisotopic (exact) mass is 511 g/mol. The third kappa shape index (κ3) is 6.23. The molecule has 0 saturated carbocycles. The average Bonchev–Trinajstić information content (AvgIpc) is 3.32. The highest BCUT2D eigenvalue weighted by Gasteiger charge is 2.15. The quantitative estimate of drug-likeness (QED) is 0.296. The molecule has 2 N–H and O–H groups in total. The van der Waals surface area contributed by atoms with Gasteiger partial charge in [0, 0.05) is 22.2 Å². The van der Waals surface area contributed by atoms with Crippen molar-refractivity contribution < 1.29 is 22.3 Å². The molecule has 4 aromatic rings. The van der Waals surface area contributed by atoms with Gasteiger partial charge >= 0.3 is 0 Å². The summed E-state index contributed by atoms with van der Waals surface area (Å²) in [6.07, 6.45) is 0.936. The van der Waals surface area contributed by atoms with Crippen LogP contribution in [-0.4, -0.2) is 25.9 Å². The van der Waals surface area contributed by atoms with Crippen molar-refractivity contribution in [3.05, 3.63) is 89.6 Å². The predicted molar refractivity (Wildman–Crippen MR) is 135 cm³/mol. The van der Waals surface area contributed by atoms with Crippen molar-refractivity contribution in [3.8, 4) is 17.0 Å². The zero-order chi connectivity index (χ0) is 24.8. The minimum Gasteiger partial charge on any atom is -0.494 e. The van der Waals surface area contributed by atoms with E-state index in [9.17, 15) is 17.6 Å². The van der Waals surface area contributed by atoms with Gasteiger partial charge < -0.3 is 4.74 Å². The van der Waals surface area contributed by atoms with Gasteiger partial charge in [-0.1, -0.05) is 6.92 Å². The van der Waals surface area contributed by atoms with Crippen LogP contribution < -0.4 is 14.8 Å². The lowest BCUT2D eigenvalue weighted by Gasteiger charge is -2.09. The van der Waals surface area contributed by atoms with E-state index >= 15 is 0 Å². The maximum Gasteiger partial charge on any atom is 0.261 e. The van der Waals surface area contributed by atoms with Gasteiger partial charge in [-0.05, 0) is 79.2 Å². The van der Waals surface area contributed by atoms with E-state index in [1.165, 1.54) is 47.7 Å². The molecule has 0 aliphatic carbocycles. The Bertz CT molecular complexity index is 1400. The van der Waals surface area contributed by atoms with Crippen LogP contribution in [0.4, 0.5) is 15.2 Å². The van der Waals surface area contributed by atoms with Crippen LogP contribution in [0.5, 0.6) is 5.75 Å². The first-order chi connectivity index (χ1) is 16.8. The van der Waals surface area contributed by atoms with Gasteiger partial charge in [-0.2, -0.15) is 0 Å². The molecular formula is C25H22FN3O4S2. The Labute approximate surface area is 206 Å². The van der Waals surface area contributed by atoms with E-state index in [4.69, 9.17) is 4.74 Å². The maximum absolute atomic E-state index is 13.1. The first kappa shape index (κ1) is 24.4. The number of benzene rings is 3. The molecule has 7 nitrogen and oxygen atoms in total. The summed E-state index contributed by atoms with van der Waals surface area (Å²) in [5.74, 6) is -0.105. The highest BCUT2D eigenvalue weighted by molar-refractivity contribution is 7.92. The van der Waals surface area contributed by atoms with Crippen LogP contribution in [0.1, 0.15) is 23.7 Å². The van der Waals surface area contributed by atoms with Crippen LogP contribution in [0.25, 0.3) is 11.3 Å². The summed E-state index contributed by atoms with van der Waals surface area (Å²) in [5, 5.41) is 5.05. The van der Waals surface area contributed by atoms with Crippen LogP contribution >= 0.6 is 11.3 Å². The number of sulfonamides is 1. The standard InChI is InChI=1S/C25H22FN3O4S2/c1-2-15-33-21-11-5-17(6-12-21)23-16-34-25(27-23)28-24(30)18-3-9-20(10-4-18)29-35(31,32)22-13-7-19(26)8-14-22/h3-14,16,29H,2,15H2,1H3,(H,27,28,30). The lowest BCUT2D eigenvalue weighted by molar-refractivity contribution is 0.102. The molecule has 1 aromatic heterocycles. The molecule has 180 valence electrons. The Morgan fingerprint density at radius 2 is 1.69 bits per heavy atom. The summed E-state index contributed by atoms with van der Waals surface area (Å²) >= 11 is 1.30. The molecule has 1 amide bonds. The average molecular weight is 512 g/mol. The molecule has 3 aromatic carbocycles. The number of aromatic nitrogens is 1. The number of hydrogen-bond acceptors (Lipinski definition) is 6. The number of anilines is 2. The van der Waals surface area contributed by atoms with Crippen molar-refractivity contribution >= 4 is 38.1 Å². The first-order valence-corrected chi connectivity index (χ1v) is 13.1. The highest BCUT2D eigenvalue weighted by atomic mass is 32.2. The van der Waals surface area contributed by atoms with Gasteiger partial charge in [-0.15, -0.1) is 11.3 Å². The van der Waals surface area contributed by atoms with E-state index in [1.54, 1.807) is 0 Å². The molecule has 1 heterocycles. The summed E-state index contributed by atoms with van der Waals surface area (Å²) < 4.78 is 45.9. The third-order valence-corrected chi connectivity index (χ3v) is 7.03.